The lowest BCUT2D eigenvalue weighted by atomic mass is 9.75. The highest BCUT2D eigenvalue weighted by molar-refractivity contribution is 4.86. The van der Waals surface area contributed by atoms with Crippen LogP contribution in [0.2, 0.25) is 0 Å². The summed E-state index contributed by atoms with van der Waals surface area (Å²) in [6.45, 7) is 9.73. The van der Waals surface area contributed by atoms with Gasteiger partial charge in [0.2, 0.25) is 0 Å². The first-order valence-electron chi connectivity index (χ1n) is 7.91. The van der Waals surface area contributed by atoms with Crippen LogP contribution in [0.25, 0.3) is 0 Å². The highest BCUT2D eigenvalue weighted by atomic mass is 15.2. The molecule has 1 aliphatic carbocycles. The minimum atomic E-state index is 0.591. The Balaban J connectivity index is 1.79. The smallest absolute Gasteiger partial charge is 0.0220 e. The van der Waals surface area contributed by atoms with Gasteiger partial charge in [0.15, 0.2) is 0 Å². The molecule has 2 unspecified atom stereocenters. The Bertz CT molecular complexity index is 252. The number of piperidine rings is 1. The van der Waals surface area contributed by atoms with Crippen LogP contribution in [0, 0.1) is 11.3 Å². The summed E-state index contributed by atoms with van der Waals surface area (Å²) >= 11 is 0. The zero-order valence-corrected chi connectivity index (χ0v) is 12.8. The second kappa shape index (κ2) is 5.92. The molecule has 1 saturated carbocycles. The monoisotopic (exact) mass is 252 g/mol. The summed E-state index contributed by atoms with van der Waals surface area (Å²) in [4.78, 5) is 2.63. The zero-order valence-electron chi connectivity index (χ0n) is 12.8. The van der Waals surface area contributed by atoms with Gasteiger partial charge in [-0.1, -0.05) is 20.8 Å². The Morgan fingerprint density at radius 2 is 1.83 bits per heavy atom. The average Bonchev–Trinajstić information content (AvgIpc) is 2.32. The van der Waals surface area contributed by atoms with Gasteiger partial charge in [-0.3, -0.25) is 0 Å². The number of hydrogen-bond donors (Lipinski definition) is 1. The highest BCUT2D eigenvalue weighted by Crippen LogP contribution is 2.36. The zero-order chi connectivity index (χ0) is 13.2. The SMILES string of the molecule is CC1CCCNC1CN(C)C1CCC(C)(C)CC1. The van der Waals surface area contributed by atoms with Gasteiger partial charge in [0.05, 0.1) is 0 Å². The lowest BCUT2D eigenvalue weighted by Crippen LogP contribution is -2.50. The van der Waals surface area contributed by atoms with Gasteiger partial charge in [0.1, 0.15) is 0 Å². The van der Waals surface area contributed by atoms with E-state index in [0.717, 1.165) is 18.0 Å². The van der Waals surface area contributed by atoms with Crippen molar-refractivity contribution in [3.05, 3.63) is 0 Å². The molecule has 2 heteroatoms. The third-order valence-corrected chi connectivity index (χ3v) is 5.35. The molecule has 1 N–H and O–H groups in total. The van der Waals surface area contributed by atoms with Crippen LogP contribution in [0.1, 0.15) is 59.3 Å². The van der Waals surface area contributed by atoms with Crippen molar-refractivity contribution in [3.8, 4) is 0 Å². The van der Waals surface area contributed by atoms with Crippen LogP contribution in [0.3, 0.4) is 0 Å². The van der Waals surface area contributed by atoms with Crippen molar-refractivity contribution in [2.24, 2.45) is 11.3 Å². The first kappa shape index (κ1) is 14.3. The maximum Gasteiger partial charge on any atom is 0.0220 e. The van der Waals surface area contributed by atoms with Crippen LogP contribution >= 0.6 is 0 Å². The molecule has 2 aliphatic rings. The third-order valence-electron chi connectivity index (χ3n) is 5.35. The molecular weight excluding hydrogens is 220 g/mol. The molecule has 0 aromatic heterocycles. The molecule has 0 amide bonds. The van der Waals surface area contributed by atoms with Crippen LogP contribution in [0.4, 0.5) is 0 Å². The van der Waals surface area contributed by atoms with E-state index in [1.807, 2.05) is 0 Å². The van der Waals surface area contributed by atoms with E-state index in [0.29, 0.717) is 5.41 Å². The molecule has 0 spiro atoms. The van der Waals surface area contributed by atoms with Gasteiger partial charge < -0.3 is 10.2 Å². The summed E-state index contributed by atoms with van der Waals surface area (Å²) < 4.78 is 0. The van der Waals surface area contributed by atoms with Crippen molar-refractivity contribution < 1.29 is 0 Å². The molecule has 2 atom stereocenters. The van der Waals surface area contributed by atoms with Crippen molar-refractivity contribution in [2.75, 3.05) is 20.1 Å². The average molecular weight is 252 g/mol. The summed E-state index contributed by atoms with van der Waals surface area (Å²) in [5.41, 5.74) is 0.591. The highest BCUT2D eigenvalue weighted by Gasteiger charge is 2.30. The van der Waals surface area contributed by atoms with E-state index >= 15 is 0 Å². The molecule has 106 valence electrons. The lowest BCUT2D eigenvalue weighted by Gasteiger charge is -2.41. The van der Waals surface area contributed by atoms with E-state index in [2.05, 4.69) is 38.0 Å². The van der Waals surface area contributed by atoms with E-state index in [9.17, 15) is 0 Å². The fourth-order valence-electron chi connectivity index (χ4n) is 3.64. The van der Waals surface area contributed by atoms with E-state index in [1.165, 1.54) is 51.6 Å². The number of hydrogen-bond acceptors (Lipinski definition) is 2. The Hall–Kier alpha value is -0.0800. The van der Waals surface area contributed by atoms with Gasteiger partial charge in [-0.15, -0.1) is 0 Å². The van der Waals surface area contributed by atoms with Gasteiger partial charge in [0, 0.05) is 18.6 Å². The quantitative estimate of drug-likeness (QED) is 0.829. The van der Waals surface area contributed by atoms with E-state index < -0.39 is 0 Å². The molecule has 2 fully saturated rings. The van der Waals surface area contributed by atoms with Crippen LogP contribution in [0.5, 0.6) is 0 Å². The second-order valence-corrected chi connectivity index (χ2v) is 7.52. The number of nitrogens with zero attached hydrogens (tertiary/aromatic N) is 1. The van der Waals surface area contributed by atoms with Gasteiger partial charge >= 0.3 is 0 Å². The number of nitrogens with one attached hydrogen (secondary N) is 1. The lowest BCUT2D eigenvalue weighted by molar-refractivity contribution is 0.107. The summed E-state index contributed by atoms with van der Waals surface area (Å²) in [7, 11) is 2.34. The fraction of sp³-hybridized carbons (Fsp3) is 1.00. The fourth-order valence-corrected chi connectivity index (χ4v) is 3.64. The largest absolute Gasteiger partial charge is 0.312 e. The first-order valence-corrected chi connectivity index (χ1v) is 7.91. The van der Waals surface area contributed by atoms with Crippen molar-refractivity contribution >= 4 is 0 Å². The molecule has 0 aromatic carbocycles. The van der Waals surface area contributed by atoms with E-state index in [1.54, 1.807) is 0 Å². The van der Waals surface area contributed by atoms with Crippen LogP contribution in [0.15, 0.2) is 0 Å². The topological polar surface area (TPSA) is 15.3 Å². The summed E-state index contributed by atoms with van der Waals surface area (Å²) in [6, 6.07) is 1.55. The van der Waals surface area contributed by atoms with Gasteiger partial charge in [-0.25, -0.2) is 0 Å². The Morgan fingerprint density at radius 3 is 2.44 bits per heavy atom. The molecule has 1 heterocycles. The third kappa shape index (κ3) is 3.71. The molecular formula is C16H32N2. The first-order chi connectivity index (χ1) is 8.48. The maximum atomic E-state index is 3.71. The van der Waals surface area contributed by atoms with Crippen LogP contribution in [-0.4, -0.2) is 37.1 Å². The van der Waals surface area contributed by atoms with Crippen molar-refractivity contribution in [3.63, 3.8) is 0 Å². The normalized spacial score (nSPS) is 33.8. The molecule has 18 heavy (non-hydrogen) atoms. The van der Waals surface area contributed by atoms with Crippen molar-refractivity contribution in [1.29, 1.82) is 0 Å². The van der Waals surface area contributed by atoms with E-state index in [-0.39, 0.29) is 0 Å². The predicted molar refractivity (Wildman–Crippen MR) is 78.9 cm³/mol. The van der Waals surface area contributed by atoms with Crippen LogP contribution in [-0.2, 0) is 0 Å². The van der Waals surface area contributed by atoms with Gasteiger partial charge in [-0.2, -0.15) is 0 Å². The Morgan fingerprint density at radius 1 is 1.17 bits per heavy atom. The summed E-state index contributed by atoms with van der Waals surface area (Å²) in [6.07, 6.45) is 8.35. The number of rotatable bonds is 3. The van der Waals surface area contributed by atoms with Crippen molar-refractivity contribution in [1.82, 2.24) is 10.2 Å². The second-order valence-electron chi connectivity index (χ2n) is 7.52. The minimum Gasteiger partial charge on any atom is -0.312 e. The Labute approximate surface area is 114 Å². The standard InChI is InChI=1S/C16H32N2/c1-13-6-5-11-17-15(13)12-18(4)14-7-9-16(2,3)10-8-14/h13-15,17H,5-12H2,1-4H3. The minimum absolute atomic E-state index is 0.591. The molecule has 0 aromatic rings. The maximum absolute atomic E-state index is 3.71. The Kier molecular flexibility index (Phi) is 4.71. The van der Waals surface area contributed by atoms with Gasteiger partial charge in [-0.05, 0) is 63.5 Å². The molecule has 1 aliphatic heterocycles. The van der Waals surface area contributed by atoms with Gasteiger partial charge in [0.25, 0.3) is 0 Å². The summed E-state index contributed by atoms with van der Waals surface area (Å²) in [5, 5.41) is 3.71. The molecule has 0 bridgehead atoms. The number of likely N-dealkylation sites (N-methyl/N-ethyl adjacent to an activating group) is 1. The molecule has 1 saturated heterocycles. The molecule has 2 rings (SSSR count). The van der Waals surface area contributed by atoms with Crippen molar-refractivity contribution in [2.45, 2.75) is 71.4 Å². The molecule has 0 radical (unpaired) electrons. The van der Waals surface area contributed by atoms with Crippen LogP contribution < -0.4 is 5.32 Å². The molecule has 2 nitrogen and oxygen atoms in total. The summed E-state index contributed by atoms with van der Waals surface area (Å²) in [5.74, 6) is 0.848. The van der Waals surface area contributed by atoms with E-state index in [4.69, 9.17) is 0 Å². The predicted octanol–water partition coefficient (Wildman–Crippen LogP) is 3.28.